The molecule has 2 aromatic heterocycles. The van der Waals surface area contributed by atoms with Crippen LogP contribution in [-0.4, -0.2) is 119 Å². The first-order valence-corrected chi connectivity index (χ1v) is 20.0. The van der Waals surface area contributed by atoms with E-state index in [1.165, 1.54) is 23.1 Å². The minimum atomic E-state index is -0.609. The Morgan fingerprint density at radius 3 is 1.42 bits per heavy atom. The number of nitrogens with zero attached hydrogens (tertiary/aromatic N) is 5. The molecular weight excluding hydrogens is 821 g/mol. The van der Waals surface area contributed by atoms with Gasteiger partial charge in [0.15, 0.2) is 0 Å². The van der Waals surface area contributed by atoms with Crippen LogP contribution in [0.3, 0.4) is 0 Å². The number of halogens is 2. The molecular formula is C47H54BF2N8O6. The third-order valence-corrected chi connectivity index (χ3v) is 10.4. The van der Waals surface area contributed by atoms with Crippen LogP contribution < -0.4 is 16.4 Å². The minimum Gasteiger partial charge on any atom is -0.444 e. The van der Waals surface area contributed by atoms with Crippen molar-refractivity contribution in [3.05, 3.63) is 151 Å². The highest BCUT2D eigenvalue weighted by atomic mass is 19.1. The van der Waals surface area contributed by atoms with Gasteiger partial charge in [-0.2, -0.15) is 10.2 Å². The average Bonchev–Trinajstić information content (AvgIpc) is 3.26. The average molecular weight is 876 g/mol. The number of carbonyl (C=O) groups is 3. The number of fused-ring (bicyclic) bond motifs is 2. The van der Waals surface area contributed by atoms with Crippen LogP contribution in [-0.2, 0) is 17.6 Å². The second-order valence-electron chi connectivity index (χ2n) is 15.9. The van der Waals surface area contributed by atoms with Crippen molar-refractivity contribution in [3.63, 3.8) is 0 Å². The van der Waals surface area contributed by atoms with Gasteiger partial charge in [0, 0.05) is 84.4 Å². The van der Waals surface area contributed by atoms with Crippen molar-refractivity contribution in [2.45, 2.75) is 54.1 Å². The molecule has 2 aliphatic heterocycles. The Morgan fingerprint density at radius 2 is 1.00 bits per heavy atom. The molecule has 3 amide bonds. The summed E-state index contributed by atoms with van der Waals surface area (Å²) in [6.45, 7) is 9.14. The quantitative estimate of drug-likeness (QED) is 0.171. The number of rotatable bonds is 6. The summed E-state index contributed by atoms with van der Waals surface area (Å²) in [6, 6.07) is 23.3. The van der Waals surface area contributed by atoms with Crippen LogP contribution in [0.15, 0.2) is 94.5 Å². The third-order valence-electron chi connectivity index (χ3n) is 10.4. The summed E-state index contributed by atoms with van der Waals surface area (Å²) >= 11 is 0. The minimum absolute atomic E-state index is 0. The van der Waals surface area contributed by atoms with Crippen molar-refractivity contribution in [3.8, 4) is 0 Å². The first-order chi connectivity index (χ1) is 29.3. The summed E-state index contributed by atoms with van der Waals surface area (Å²) < 4.78 is 34.3. The van der Waals surface area contributed by atoms with Gasteiger partial charge in [0.25, 0.3) is 22.9 Å². The monoisotopic (exact) mass is 875 g/mol. The number of carbonyl (C=O) groups excluding carboxylic acids is 3. The van der Waals surface area contributed by atoms with Gasteiger partial charge in [0.1, 0.15) is 17.2 Å². The second kappa shape index (κ2) is 21.6. The molecule has 4 heterocycles. The number of hydrogen-bond donors (Lipinski definition) is 3. The smallest absolute Gasteiger partial charge is 0.410 e. The van der Waals surface area contributed by atoms with Gasteiger partial charge in [0.2, 0.25) is 0 Å². The highest BCUT2D eigenvalue weighted by Crippen LogP contribution is 2.22. The first kappa shape index (κ1) is 49.9. The van der Waals surface area contributed by atoms with Gasteiger partial charge >= 0.3 is 6.09 Å². The predicted molar refractivity (Wildman–Crippen MR) is 245 cm³/mol. The molecule has 0 aliphatic carbocycles. The van der Waals surface area contributed by atoms with E-state index in [-0.39, 0.29) is 64.5 Å². The fourth-order valence-electron chi connectivity index (χ4n) is 7.32. The highest BCUT2D eigenvalue weighted by molar-refractivity contribution is 5.95. The van der Waals surface area contributed by atoms with Crippen LogP contribution >= 0.6 is 0 Å². The Balaban J connectivity index is 0.000000274. The topological polar surface area (TPSA) is 174 Å². The van der Waals surface area contributed by atoms with Crippen molar-refractivity contribution < 1.29 is 27.9 Å². The molecule has 4 aromatic carbocycles. The van der Waals surface area contributed by atoms with Crippen LogP contribution in [0.25, 0.3) is 21.5 Å². The highest BCUT2D eigenvalue weighted by Gasteiger charge is 2.29. The fraction of sp³-hybridized carbons (Fsp3) is 0.340. The molecule has 14 nitrogen and oxygen atoms in total. The summed E-state index contributed by atoms with van der Waals surface area (Å²) in [6.07, 6.45) is 0.289. The maximum absolute atomic E-state index is 14.6. The molecule has 0 spiro atoms. The summed E-state index contributed by atoms with van der Waals surface area (Å²) in [5.74, 6) is -1.86. The van der Waals surface area contributed by atoms with Crippen molar-refractivity contribution in [1.29, 1.82) is 0 Å². The molecule has 6 aromatic rings. The standard InChI is InChI=1S/C25H27FN4O4.C20H19FN4O2.2CH4.B/c1-25(2,3)34-24(33)30-12-10-29(11-13-30)23(32)19-14-16(8-9-20(19)26)15-21-17-6-4-5-7-18(17)22(31)28-27-21;21-17-6-5-13(11-16(17)20(27)25-9-7-22-8-10-25)12-18-14-3-1-2-4-15(14)19(26)24-23-18;;;/h4-9,14H,10-13,15H2,1-3H3,(H,28,31);1-6,11,22H,7-10,12H2,(H,24,26);2*1H4;. The van der Waals surface area contributed by atoms with Crippen LogP contribution in [0.2, 0.25) is 0 Å². The Labute approximate surface area is 372 Å². The zero-order valence-electron chi connectivity index (χ0n) is 34.7. The normalized spacial score (nSPS) is 13.7. The van der Waals surface area contributed by atoms with Crippen molar-refractivity contribution in [2.75, 3.05) is 52.4 Å². The number of aromatic amines is 2. The van der Waals surface area contributed by atoms with Crippen LogP contribution in [0.5, 0.6) is 0 Å². The maximum Gasteiger partial charge on any atom is 0.410 e. The Hall–Kier alpha value is -6.75. The Morgan fingerprint density at radius 1 is 0.609 bits per heavy atom. The summed E-state index contributed by atoms with van der Waals surface area (Å²) in [5.41, 5.74) is 1.69. The van der Waals surface area contributed by atoms with E-state index in [0.717, 1.165) is 10.9 Å². The van der Waals surface area contributed by atoms with E-state index in [1.807, 2.05) is 24.3 Å². The number of benzene rings is 4. The Bertz CT molecular complexity index is 2730. The number of hydrogen-bond acceptors (Lipinski definition) is 9. The van der Waals surface area contributed by atoms with E-state index in [2.05, 4.69) is 25.7 Å². The van der Waals surface area contributed by atoms with Gasteiger partial charge in [-0.1, -0.05) is 63.4 Å². The molecule has 335 valence electrons. The lowest BCUT2D eigenvalue weighted by molar-refractivity contribution is 0.0140. The lowest BCUT2D eigenvalue weighted by atomic mass is 10.0. The number of aromatic nitrogens is 4. The predicted octanol–water partition coefficient (Wildman–Crippen LogP) is 5.94. The van der Waals surface area contributed by atoms with Gasteiger partial charge < -0.3 is 24.8 Å². The van der Waals surface area contributed by atoms with E-state index >= 15 is 0 Å². The van der Waals surface area contributed by atoms with E-state index in [0.29, 0.717) is 85.2 Å². The van der Waals surface area contributed by atoms with Crippen LogP contribution in [0, 0.1) is 11.6 Å². The van der Waals surface area contributed by atoms with Gasteiger partial charge in [-0.25, -0.2) is 23.8 Å². The molecule has 2 aliphatic rings. The SMILES string of the molecule is C.C.CC(C)(C)OC(=O)N1CCN(C(=O)c2cc(Cc3n[nH]c(=O)c4ccccc34)ccc2F)CC1.O=C(c1cc(Cc2n[nH]c(=O)c3ccccc23)ccc1F)N1CCNCC1.[B]. The summed E-state index contributed by atoms with van der Waals surface area (Å²) in [5, 5.41) is 19.0. The molecule has 8 rings (SSSR count). The third kappa shape index (κ3) is 11.6. The molecule has 2 fully saturated rings. The molecule has 3 N–H and O–H groups in total. The lowest BCUT2D eigenvalue weighted by Gasteiger charge is -2.35. The molecule has 0 bridgehead atoms. The van der Waals surface area contributed by atoms with Crippen LogP contribution in [0.4, 0.5) is 13.6 Å². The van der Waals surface area contributed by atoms with E-state index in [1.54, 1.807) is 73.0 Å². The lowest BCUT2D eigenvalue weighted by Crippen LogP contribution is -2.51. The second-order valence-corrected chi connectivity index (χ2v) is 15.9. The maximum atomic E-state index is 14.6. The zero-order valence-corrected chi connectivity index (χ0v) is 34.7. The first-order valence-electron chi connectivity index (χ1n) is 20.0. The number of H-pyrrole nitrogens is 2. The zero-order chi connectivity index (χ0) is 43.3. The Kier molecular flexibility index (Phi) is 16.8. The summed E-state index contributed by atoms with van der Waals surface area (Å²) in [7, 11) is 0. The van der Waals surface area contributed by atoms with E-state index in [9.17, 15) is 32.8 Å². The van der Waals surface area contributed by atoms with Crippen molar-refractivity contribution in [2.24, 2.45) is 0 Å². The van der Waals surface area contributed by atoms with Gasteiger partial charge in [-0.3, -0.25) is 19.2 Å². The fourth-order valence-corrected chi connectivity index (χ4v) is 7.32. The van der Waals surface area contributed by atoms with Crippen molar-refractivity contribution in [1.82, 2.24) is 40.4 Å². The van der Waals surface area contributed by atoms with E-state index < -0.39 is 29.2 Å². The summed E-state index contributed by atoms with van der Waals surface area (Å²) in [4.78, 5) is 66.7. The molecule has 3 radical (unpaired) electrons. The molecule has 0 unspecified atom stereocenters. The number of nitrogens with one attached hydrogen (secondary N) is 3. The number of ether oxygens (including phenoxy) is 1. The number of piperazine rings is 2. The molecule has 64 heavy (non-hydrogen) atoms. The molecule has 0 saturated carbocycles. The largest absolute Gasteiger partial charge is 0.444 e. The van der Waals surface area contributed by atoms with Gasteiger partial charge in [-0.05, 0) is 68.3 Å². The van der Waals surface area contributed by atoms with Crippen LogP contribution in [0.1, 0.15) is 78.9 Å². The molecule has 17 heteroatoms. The van der Waals surface area contributed by atoms with Crippen molar-refractivity contribution >= 4 is 47.9 Å². The molecule has 0 atom stereocenters. The molecule has 2 saturated heterocycles. The van der Waals surface area contributed by atoms with Gasteiger partial charge in [-0.15, -0.1) is 0 Å². The number of amides is 3. The van der Waals surface area contributed by atoms with E-state index in [4.69, 9.17) is 4.74 Å². The van der Waals surface area contributed by atoms with Gasteiger partial charge in [0.05, 0.1) is 33.3 Å².